The normalized spacial score (nSPS) is 11.5. The molecular weight excluding hydrogens is 496 g/mol. The lowest BCUT2D eigenvalue weighted by atomic mass is 10.1. The van der Waals surface area contributed by atoms with Gasteiger partial charge in [0, 0.05) is 17.6 Å². The molecule has 0 aliphatic rings. The van der Waals surface area contributed by atoms with E-state index in [1.165, 1.54) is 0 Å². The Kier molecular flexibility index (Phi) is 10.8. The number of nitrogens with zero attached hydrogens (tertiary/aromatic N) is 1. The van der Waals surface area contributed by atoms with E-state index in [1.807, 2.05) is 31.2 Å². The maximum absolute atomic E-state index is 13.2. The van der Waals surface area contributed by atoms with Crippen LogP contribution < -0.4 is 14.8 Å². The number of hydrogen-bond acceptors (Lipinski definition) is 4. The molecule has 1 atom stereocenters. The summed E-state index contributed by atoms with van der Waals surface area (Å²) in [6.07, 6.45) is 2.34. The average molecular weight is 526 g/mol. The van der Waals surface area contributed by atoms with Crippen LogP contribution in [-0.4, -0.2) is 43.0 Å². The lowest BCUT2D eigenvalue weighted by Gasteiger charge is -2.30. The highest BCUT2D eigenvalue weighted by Gasteiger charge is 2.29. The molecule has 2 rings (SSSR count). The number of rotatable bonds is 12. The summed E-state index contributed by atoms with van der Waals surface area (Å²) < 4.78 is 11.8. The monoisotopic (exact) mass is 524 g/mol. The first-order valence-corrected chi connectivity index (χ1v) is 11.8. The van der Waals surface area contributed by atoms with E-state index in [4.69, 9.17) is 21.1 Å². The zero-order chi connectivity index (χ0) is 23.5. The second-order valence-corrected chi connectivity index (χ2v) is 8.63. The van der Waals surface area contributed by atoms with E-state index in [1.54, 1.807) is 30.2 Å². The van der Waals surface area contributed by atoms with Gasteiger partial charge < -0.3 is 19.7 Å². The Morgan fingerprint density at radius 1 is 1.19 bits per heavy atom. The van der Waals surface area contributed by atoms with Crippen molar-refractivity contribution in [2.75, 3.05) is 20.3 Å². The minimum atomic E-state index is -0.616. The third-order valence-corrected chi connectivity index (χ3v) is 5.74. The number of unbranched alkanes of at least 4 members (excludes halogenated alkanes) is 1. The van der Waals surface area contributed by atoms with Crippen molar-refractivity contribution in [1.82, 2.24) is 10.2 Å². The Morgan fingerprint density at radius 3 is 2.62 bits per heavy atom. The van der Waals surface area contributed by atoms with Crippen molar-refractivity contribution in [3.8, 4) is 11.5 Å². The second-order valence-electron chi connectivity index (χ2n) is 7.31. The molecule has 0 heterocycles. The molecule has 0 fully saturated rings. The standard InChI is InChI=1S/C24H30BrClN2O4/c1-4-6-12-27-24(30)21(5-2)28(15-17-8-7-9-19(13-17)31-3)23(29)16-32-22-11-10-18(25)14-20(22)26/h7-11,13-14,21H,4-6,12,15-16H2,1-3H3,(H,27,30). The van der Waals surface area contributed by atoms with Crippen molar-refractivity contribution in [1.29, 1.82) is 0 Å². The predicted molar refractivity (Wildman–Crippen MR) is 130 cm³/mol. The Balaban J connectivity index is 2.22. The number of benzene rings is 2. The molecule has 6 nitrogen and oxygen atoms in total. The number of hydrogen-bond donors (Lipinski definition) is 1. The molecule has 174 valence electrons. The highest BCUT2D eigenvalue weighted by atomic mass is 79.9. The van der Waals surface area contributed by atoms with Gasteiger partial charge in [-0.3, -0.25) is 9.59 Å². The van der Waals surface area contributed by atoms with E-state index in [0.29, 0.717) is 29.5 Å². The van der Waals surface area contributed by atoms with Crippen LogP contribution in [0.25, 0.3) is 0 Å². The summed E-state index contributed by atoms with van der Waals surface area (Å²) >= 11 is 9.56. The summed E-state index contributed by atoms with van der Waals surface area (Å²) in [6, 6.07) is 12.0. The third kappa shape index (κ3) is 7.71. The molecule has 32 heavy (non-hydrogen) atoms. The molecule has 1 N–H and O–H groups in total. The van der Waals surface area contributed by atoms with Crippen LogP contribution in [-0.2, 0) is 16.1 Å². The topological polar surface area (TPSA) is 67.9 Å². The Hall–Kier alpha value is -2.25. The number of nitrogens with one attached hydrogen (secondary N) is 1. The SMILES string of the molecule is CCCCNC(=O)C(CC)N(Cc1cccc(OC)c1)C(=O)COc1ccc(Br)cc1Cl. The lowest BCUT2D eigenvalue weighted by molar-refractivity contribution is -0.143. The molecule has 0 radical (unpaired) electrons. The van der Waals surface area contributed by atoms with Crippen LogP contribution >= 0.6 is 27.5 Å². The molecule has 8 heteroatoms. The number of ether oxygens (including phenoxy) is 2. The maximum atomic E-state index is 13.2. The number of halogens is 2. The van der Waals surface area contributed by atoms with Crippen LogP contribution in [0.1, 0.15) is 38.7 Å². The van der Waals surface area contributed by atoms with Gasteiger partial charge in [0.2, 0.25) is 5.91 Å². The number of amides is 2. The molecule has 0 aliphatic carbocycles. The summed E-state index contributed by atoms with van der Waals surface area (Å²) in [7, 11) is 1.59. The van der Waals surface area contributed by atoms with E-state index < -0.39 is 6.04 Å². The summed E-state index contributed by atoms with van der Waals surface area (Å²) in [5, 5.41) is 3.34. The fraction of sp³-hybridized carbons (Fsp3) is 0.417. The summed E-state index contributed by atoms with van der Waals surface area (Å²) in [4.78, 5) is 27.7. The van der Waals surface area contributed by atoms with Crippen molar-refractivity contribution in [2.24, 2.45) is 0 Å². The molecule has 0 saturated heterocycles. The molecule has 1 unspecified atom stereocenters. The van der Waals surface area contributed by atoms with Gasteiger partial charge in [0.15, 0.2) is 6.61 Å². The Bertz CT molecular complexity index is 909. The maximum Gasteiger partial charge on any atom is 0.261 e. The smallest absolute Gasteiger partial charge is 0.261 e. The van der Waals surface area contributed by atoms with E-state index in [0.717, 1.165) is 22.9 Å². The van der Waals surface area contributed by atoms with E-state index in [2.05, 4.69) is 28.2 Å². The lowest BCUT2D eigenvalue weighted by Crippen LogP contribution is -2.50. The zero-order valence-electron chi connectivity index (χ0n) is 18.7. The largest absolute Gasteiger partial charge is 0.497 e. The van der Waals surface area contributed by atoms with Gasteiger partial charge in [-0.2, -0.15) is 0 Å². The summed E-state index contributed by atoms with van der Waals surface area (Å²) in [6.45, 7) is 4.56. The van der Waals surface area contributed by atoms with Gasteiger partial charge in [0.1, 0.15) is 17.5 Å². The van der Waals surface area contributed by atoms with Gasteiger partial charge in [-0.05, 0) is 48.7 Å². The first-order chi connectivity index (χ1) is 15.4. The van der Waals surface area contributed by atoms with Gasteiger partial charge in [-0.1, -0.05) is 59.9 Å². The van der Waals surface area contributed by atoms with E-state index in [-0.39, 0.29) is 25.0 Å². The van der Waals surface area contributed by atoms with Crippen LogP contribution in [0.15, 0.2) is 46.9 Å². The van der Waals surface area contributed by atoms with Gasteiger partial charge in [-0.15, -0.1) is 0 Å². The van der Waals surface area contributed by atoms with Gasteiger partial charge >= 0.3 is 0 Å². The number of carbonyl (C=O) groups excluding carboxylic acids is 2. The quantitative estimate of drug-likeness (QED) is 0.386. The fourth-order valence-electron chi connectivity index (χ4n) is 3.21. The van der Waals surface area contributed by atoms with Crippen molar-refractivity contribution < 1.29 is 19.1 Å². The van der Waals surface area contributed by atoms with Gasteiger partial charge in [-0.25, -0.2) is 0 Å². The highest BCUT2D eigenvalue weighted by molar-refractivity contribution is 9.10. The van der Waals surface area contributed by atoms with E-state index >= 15 is 0 Å². The molecule has 2 aromatic rings. The van der Waals surface area contributed by atoms with Crippen LogP contribution in [0.2, 0.25) is 5.02 Å². The van der Waals surface area contributed by atoms with E-state index in [9.17, 15) is 9.59 Å². The minimum Gasteiger partial charge on any atom is -0.497 e. The summed E-state index contributed by atoms with van der Waals surface area (Å²) in [5.74, 6) is 0.626. The highest BCUT2D eigenvalue weighted by Crippen LogP contribution is 2.28. The number of carbonyl (C=O) groups is 2. The van der Waals surface area contributed by atoms with Crippen LogP contribution in [0.5, 0.6) is 11.5 Å². The minimum absolute atomic E-state index is 0.168. The first kappa shape index (κ1) is 26.0. The fourth-order valence-corrected chi connectivity index (χ4v) is 3.94. The molecule has 0 aliphatic heterocycles. The first-order valence-electron chi connectivity index (χ1n) is 10.7. The Labute approximate surface area is 203 Å². The predicted octanol–water partition coefficient (Wildman–Crippen LogP) is 5.21. The second kappa shape index (κ2) is 13.3. The average Bonchev–Trinajstić information content (AvgIpc) is 2.78. The van der Waals surface area contributed by atoms with Crippen LogP contribution in [0.3, 0.4) is 0 Å². The molecule has 0 bridgehead atoms. The number of methoxy groups -OCH3 is 1. The molecule has 2 amide bonds. The third-order valence-electron chi connectivity index (χ3n) is 4.95. The molecular formula is C24H30BrClN2O4. The molecule has 0 spiro atoms. The van der Waals surface area contributed by atoms with Crippen molar-refractivity contribution in [3.63, 3.8) is 0 Å². The molecule has 2 aromatic carbocycles. The summed E-state index contributed by atoms with van der Waals surface area (Å²) in [5.41, 5.74) is 0.860. The van der Waals surface area contributed by atoms with Gasteiger partial charge in [0.05, 0.1) is 12.1 Å². The van der Waals surface area contributed by atoms with Crippen LogP contribution in [0, 0.1) is 0 Å². The van der Waals surface area contributed by atoms with Crippen molar-refractivity contribution in [3.05, 3.63) is 57.5 Å². The zero-order valence-corrected chi connectivity index (χ0v) is 21.0. The van der Waals surface area contributed by atoms with Crippen LogP contribution in [0.4, 0.5) is 0 Å². The van der Waals surface area contributed by atoms with Gasteiger partial charge in [0.25, 0.3) is 5.91 Å². The van der Waals surface area contributed by atoms with Crippen molar-refractivity contribution >= 4 is 39.3 Å². The molecule has 0 saturated carbocycles. The van der Waals surface area contributed by atoms with Crippen molar-refractivity contribution in [2.45, 2.75) is 45.7 Å². The molecule has 0 aromatic heterocycles. The Morgan fingerprint density at radius 2 is 1.97 bits per heavy atom.